The van der Waals surface area contributed by atoms with E-state index in [1.165, 1.54) is 12.0 Å². The Bertz CT molecular complexity index is 425. The van der Waals surface area contributed by atoms with Crippen molar-refractivity contribution in [2.24, 2.45) is 10.9 Å². The van der Waals surface area contributed by atoms with Crippen molar-refractivity contribution >= 4 is 5.96 Å². The number of benzene rings is 1. The molecule has 2 N–H and O–H groups in total. The molecule has 1 aromatic rings. The standard InChI is InChI=1S/C16H25N3/c1-11(2)12(3)18-16(17-4)19-15-10-14(15)13-8-6-5-7-9-13/h5-9,11-12,14-15H,10H2,1-4H3,(H2,17,18,19). The molecule has 1 aliphatic rings. The first-order chi connectivity index (χ1) is 9.11. The minimum Gasteiger partial charge on any atom is -0.354 e. The molecule has 0 radical (unpaired) electrons. The summed E-state index contributed by atoms with van der Waals surface area (Å²) < 4.78 is 0. The number of hydrogen-bond acceptors (Lipinski definition) is 1. The second kappa shape index (κ2) is 6.09. The molecular weight excluding hydrogens is 234 g/mol. The fourth-order valence-electron chi connectivity index (χ4n) is 2.15. The largest absolute Gasteiger partial charge is 0.354 e. The van der Waals surface area contributed by atoms with Gasteiger partial charge in [-0.2, -0.15) is 0 Å². The molecule has 0 aromatic heterocycles. The van der Waals surface area contributed by atoms with Crippen LogP contribution in [0.5, 0.6) is 0 Å². The average molecular weight is 259 g/mol. The number of hydrogen-bond donors (Lipinski definition) is 2. The van der Waals surface area contributed by atoms with Crippen molar-refractivity contribution in [2.45, 2.75) is 45.2 Å². The Labute approximate surface area is 116 Å². The molecule has 0 aliphatic heterocycles. The van der Waals surface area contributed by atoms with E-state index >= 15 is 0 Å². The Morgan fingerprint density at radius 3 is 2.47 bits per heavy atom. The van der Waals surface area contributed by atoms with Crippen LogP contribution >= 0.6 is 0 Å². The number of nitrogens with one attached hydrogen (secondary N) is 2. The Hall–Kier alpha value is -1.51. The predicted octanol–water partition coefficient (Wildman–Crippen LogP) is 2.75. The molecule has 0 heterocycles. The third kappa shape index (κ3) is 3.72. The van der Waals surface area contributed by atoms with E-state index in [2.05, 4.69) is 66.7 Å². The van der Waals surface area contributed by atoms with Crippen molar-refractivity contribution < 1.29 is 0 Å². The molecular formula is C16H25N3. The van der Waals surface area contributed by atoms with Crippen molar-refractivity contribution in [3.05, 3.63) is 35.9 Å². The van der Waals surface area contributed by atoms with Crippen LogP contribution in [0, 0.1) is 5.92 Å². The van der Waals surface area contributed by atoms with Crippen LogP contribution in [-0.2, 0) is 0 Å². The Morgan fingerprint density at radius 2 is 1.89 bits per heavy atom. The third-order valence-corrected chi connectivity index (χ3v) is 3.93. The first-order valence-corrected chi connectivity index (χ1v) is 7.16. The van der Waals surface area contributed by atoms with E-state index in [1.807, 2.05) is 7.05 Å². The maximum atomic E-state index is 4.31. The lowest BCUT2D eigenvalue weighted by atomic mass is 10.1. The minimum absolute atomic E-state index is 0.431. The van der Waals surface area contributed by atoms with Crippen molar-refractivity contribution in [1.82, 2.24) is 10.6 Å². The summed E-state index contributed by atoms with van der Waals surface area (Å²) in [6, 6.07) is 11.7. The molecule has 0 spiro atoms. The first-order valence-electron chi connectivity index (χ1n) is 7.16. The second-order valence-corrected chi connectivity index (χ2v) is 5.75. The predicted molar refractivity (Wildman–Crippen MR) is 81.5 cm³/mol. The zero-order chi connectivity index (χ0) is 13.8. The number of nitrogens with zero attached hydrogens (tertiary/aromatic N) is 1. The molecule has 1 saturated carbocycles. The highest BCUT2D eigenvalue weighted by Crippen LogP contribution is 2.40. The van der Waals surface area contributed by atoms with Crippen LogP contribution in [0.2, 0.25) is 0 Å². The van der Waals surface area contributed by atoms with Crippen molar-refractivity contribution in [3.63, 3.8) is 0 Å². The van der Waals surface area contributed by atoms with E-state index in [0.29, 0.717) is 23.9 Å². The monoisotopic (exact) mass is 259 g/mol. The molecule has 19 heavy (non-hydrogen) atoms. The molecule has 0 saturated heterocycles. The van der Waals surface area contributed by atoms with E-state index in [4.69, 9.17) is 0 Å². The van der Waals surface area contributed by atoms with Gasteiger partial charge in [-0.15, -0.1) is 0 Å². The van der Waals surface area contributed by atoms with Crippen LogP contribution in [-0.4, -0.2) is 25.1 Å². The molecule has 0 bridgehead atoms. The summed E-state index contributed by atoms with van der Waals surface area (Å²) >= 11 is 0. The average Bonchev–Trinajstić information content (AvgIpc) is 3.18. The highest BCUT2D eigenvalue weighted by molar-refractivity contribution is 5.80. The molecule has 1 fully saturated rings. The topological polar surface area (TPSA) is 36.4 Å². The summed E-state index contributed by atoms with van der Waals surface area (Å²) in [6.07, 6.45) is 1.20. The van der Waals surface area contributed by atoms with Gasteiger partial charge in [-0.3, -0.25) is 4.99 Å². The summed E-state index contributed by atoms with van der Waals surface area (Å²) in [7, 11) is 1.84. The smallest absolute Gasteiger partial charge is 0.191 e. The van der Waals surface area contributed by atoms with Crippen molar-refractivity contribution in [1.29, 1.82) is 0 Å². The molecule has 3 atom stereocenters. The van der Waals surface area contributed by atoms with Gasteiger partial charge in [0.25, 0.3) is 0 Å². The van der Waals surface area contributed by atoms with Crippen molar-refractivity contribution in [3.8, 4) is 0 Å². The highest BCUT2D eigenvalue weighted by Gasteiger charge is 2.38. The summed E-state index contributed by atoms with van der Waals surface area (Å²) in [5, 5.41) is 6.96. The fourth-order valence-corrected chi connectivity index (χ4v) is 2.15. The van der Waals surface area contributed by atoms with E-state index in [0.717, 1.165) is 5.96 Å². The van der Waals surface area contributed by atoms with Gasteiger partial charge in [0.15, 0.2) is 5.96 Å². The van der Waals surface area contributed by atoms with Crippen LogP contribution in [0.3, 0.4) is 0 Å². The van der Waals surface area contributed by atoms with Gasteiger partial charge < -0.3 is 10.6 Å². The molecule has 104 valence electrons. The molecule has 3 unspecified atom stereocenters. The summed E-state index contributed by atoms with van der Waals surface area (Å²) in [6.45, 7) is 6.63. The zero-order valence-corrected chi connectivity index (χ0v) is 12.4. The summed E-state index contributed by atoms with van der Waals surface area (Å²) in [5.74, 6) is 2.15. The Balaban J connectivity index is 1.85. The molecule has 1 aromatic carbocycles. The third-order valence-electron chi connectivity index (χ3n) is 3.93. The molecule has 3 nitrogen and oxygen atoms in total. The fraction of sp³-hybridized carbons (Fsp3) is 0.562. The first kappa shape index (κ1) is 13.9. The zero-order valence-electron chi connectivity index (χ0n) is 12.4. The normalized spacial score (nSPS) is 24.2. The molecule has 2 rings (SSSR count). The van der Waals surface area contributed by atoms with E-state index in [9.17, 15) is 0 Å². The highest BCUT2D eigenvalue weighted by atomic mass is 15.2. The molecule has 1 aliphatic carbocycles. The number of guanidine groups is 1. The minimum atomic E-state index is 0.431. The maximum Gasteiger partial charge on any atom is 0.191 e. The SMILES string of the molecule is CN=C(NC(C)C(C)C)NC1CC1c1ccccc1. The lowest BCUT2D eigenvalue weighted by Gasteiger charge is -2.20. The van der Waals surface area contributed by atoms with Crippen LogP contribution in [0.25, 0.3) is 0 Å². The maximum absolute atomic E-state index is 4.31. The Morgan fingerprint density at radius 1 is 1.21 bits per heavy atom. The lowest BCUT2D eigenvalue weighted by molar-refractivity contribution is 0.480. The quantitative estimate of drug-likeness (QED) is 0.644. The number of aliphatic imine (C=N–C) groups is 1. The van der Waals surface area contributed by atoms with E-state index in [1.54, 1.807) is 0 Å². The number of rotatable bonds is 4. The van der Waals surface area contributed by atoms with Crippen LogP contribution in [0.15, 0.2) is 35.3 Å². The van der Waals surface area contributed by atoms with Gasteiger partial charge in [-0.1, -0.05) is 44.2 Å². The van der Waals surface area contributed by atoms with Gasteiger partial charge in [-0.25, -0.2) is 0 Å². The van der Waals surface area contributed by atoms with Gasteiger partial charge >= 0.3 is 0 Å². The van der Waals surface area contributed by atoms with Crippen LogP contribution in [0.1, 0.15) is 38.7 Å². The van der Waals surface area contributed by atoms with E-state index in [-0.39, 0.29) is 0 Å². The second-order valence-electron chi connectivity index (χ2n) is 5.75. The summed E-state index contributed by atoms with van der Waals surface area (Å²) in [5.41, 5.74) is 1.42. The molecule has 3 heteroatoms. The van der Waals surface area contributed by atoms with Gasteiger partial charge in [0.05, 0.1) is 0 Å². The van der Waals surface area contributed by atoms with Gasteiger partial charge in [-0.05, 0) is 24.8 Å². The van der Waals surface area contributed by atoms with Gasteiger partial charge in [0, 0.05) is 25.0 Å². The lowest BCUT2D eigenvalue weighted by Crippen LogP contribution is -2.45. The Kier molecular flexibility index (Phi) is 4.46. The van der Waals surface area contributed by atoms with Gasteiger partial charge in [0.2, 0.25) is 0 Å². The van der Waals surface area contributed by atoms with Crippen LogP contribution in [0.4, 0.5) is 0 Å². The molecule has 0 amide bonds. The van der Waals surface area contributed by atoms with Crippen molar-refractivity contribution in [2.75, 3.05) is 7.05 Å². The summed E-state index contributed by atoms with van der Waals surface area (Å²) in [4.78, 5) is 4.31. The van der Waals surface area contributed by atoms with E-state index < -0.39 is 0 Å². The van der Waals surface area contributed by atoms with Crippen LogP contribution < -0.4 is 10.6 Å². The van der Waals surface area contributed by atoms with Gasteiger partial charge in [0.1, 0.15) is 0 Å².